The van der Waals surface area contributed by atoms with Crippen LogP contribution in [0, 0.1) is 11.6 Å². The van der Waals surface area contributed by atoms with Gasteiger partial charge < -0.3 is 10.1 Å². The topological polar surface area (TPSA) is 21.3 Å². The fourth-order valence-corrected chi connectivity index (χ4v) is 1.14. The third-order valence-electron chi connectivity index (χ3n) is 1.87. The summed E-state index contributed by atoms with van der Waals surface area (Å²) in [5.41, 5.74) is 0.570. The standard InChI is InChI=1S/C11H13F2NO/c1-14-5-3-4-8-6-9(12)11(13)10(7-8)15-2/h3-4,6-7,14H,5H2,1-2H3. The molecule has 0 fully saturated rings. The molecule has 0 bridgehead atoms. The molecular formula is C11H13F2NO. The fraction of sp³-hybridized carbons (Fsp3) is 0.273. The van der Waals surface area contributed by atoms with Gasteiger partial charge in [-0.05, 0) is 24.7 Å². The van der Waals surface area contributed by atoms with Crippen molar-refractivity contribution >= 4 is 6.08 Å². The Labute approximate surface area is 87.6 Å². The fourth-order valence-electron chi connectivity index (χ4n) is 1.14. The second kappa shape index (κ2) is 5.46. The third-order valence-corrected chi connectivity index (χ3v) is 1.87. The van der Waals surface area contributed by atoms with E-state index in [4.69, 9.17) is 4.74 Å². The second-order valence-corrected chi connectivity index (χ2v) is 2.98. The highest BCUT2D eigenvalue weighted by Crippen LogP contribution is 2.22. The van der Waals surface area contributed by atoms with Crippen LogP contribution in [0.25, 0.3) is 6.08 Å². The van der Waals surface area contributed by atoms with Gasteiger partial charge in [0.2, 0.25) is 5.82 Å². The lowest BCUT2D eigenvalue weighted by atomic mass is 10.2. The van der Waals surface area contributed by atoms with E-state index in [2.05, 4.69) is 5.32 Å². The molecule has 0 aliphatic carbocycles. The molecule has 0 spiro atoms. The van der Waals surface area contributed by atoms with Crippen molar-refractivity contribution in [3.05, 3.63) is 35.4 Å². The van der Waals surface area contributed by atoms with Crippen LogP contribution in [0.15, 0.2) is 18.2 Å². The molecule has 4 heteroatoms. The molecule has 0 unspecified atom stereocenters. The second-order valence-electron chi connectivity index (χ2n) is 2.98. The van der Waals surface area contributed by atoms with Gasteiger partial charge in [0, 0.05) is 6.54 Å². The molecule has 2 nitrogen and oxygen atoms in total. The van der Waals surface area contributed by atoms with Gasteiger partial charge in [-0.1, -0.05) is 12.2 Å². The summed E-state index contributed by atoms with van der Waals surface area (Å²) in [6, 6.07) is 2.58. The minimum atomic E-state index is -0.955. The molecule has 0 amide bonds. The first kappa shape index (κ1) is 11.7. The zero-order valence-electron chi connectivity index (χ0n) is 8.68. The zero-order valence-corrected chi connectivity index (χ0v) is 8.68. The number of likely N-dealkylation sites (N-methyl/N-ethyl adjacent to an activating group) is 1. The smallest absolute Gasteiger partial charge is 0.200 e. The van der Waals surface area contributed by atoms with Crippen LogP contribution in [0.2, 0.25) is 0 Å². The summed E-state index contributed by atoms with van der Waals surface area (Å²) >= 11 is 0. The minimum absolute atomic E-state index is 0.0842. The first-order chi connectivity index (χ1) is 7.19. The molecule has 0 saturated carbocycles. The van der Waals surface area contributed by atoms with Crippen LogP contribution < -0.4 is 10.1 Å². The maximum Gasteiger partial charge on any atom is 0.200 e. The van der Waals surface area contributed by atoms with Gasteiger partial charge in [-0.2, -0.15) is 4.39 Å². The average molecular weight is 213 g/mol. The van der Waals surface area contributed by atoms with Crippen molar-refractivity contribution in [3.8, 4) is 5.75 Å². The van der Waals surface area contributed by atoms with Crippen molar-refractivity contribution in [1.29, 1.82) is 0 Å². The molecule has 0 aromatic heterocycles. The van der Waals surface area contributed by atoms with Crippen molar-refractivity contribution in [2.75, 3.05) is 20.7 Å². The Morgan fingerprint density at radius 1 is 1.40 bits per heavy atom. The number of halogens is 2. The van der Waals surface area contributed by atoms with E-state index < -0.39 is 11.6 Å². The van der Waals surface area contributed by atoms with E-state index in [1.165, 1.54) is 13.2 Å². The number of ether oxygens (including phenoxy) is 1. The third kappa shape index (κ3) is 3.02. The van der Waals surface area contributed by atoms with E-state index in [0.717, 1.165) is 6.07 Å². The van der Waals surface area contributed by atoms with Crippen molar-refractivity contribution in [3.63, 3.8) is 0 Å². The number of benzene rings is 1. The van der Waals surface area contributed by atoms with E-state index in [1.807, 2.05) is 6.08 Å². The van der Waals surface area contributed by atoms with Crippen LogP contribution >= 0.6 is 0 Å². The Morgan fingerprint density at radius 3 is 2.73 bits per heavy atom. The van der Waals surface area contributed by atoms with Crippen LogP contribution in [0.3, 0.4) is 0 Å². The molecular weight excluding hydrogens is 200 g/mol. The molecule has 0 aliphatic heterocycles. The predicted octanol–water partition coefficient (Wildman–Crippen LogP) is 2.21. The molecule has 15 heavy (non-hydrogen) atoms. The number of nitrogens with one attached hydrogen (secondary N) is 1. The molecule has 1 aromatic rings. The summed E-state index contributed by atoms with van der Waals surface area (Å²) < 4.78 is 30.8. The summed E-state index contributed by atoms with van der Waals surface area (Å²) in [5.74, 6) is -1.94. The van der Waals surface area contributed by atoms with Crippen molar-refractivity contribution in [2.24, 2.45) is 0 Å². The van der Waals surface area contributed by atoms with E-state index in [9.17, 15) is 8.78 Å². The van der Waals surface area contributed by atoms with Gasteiger partial charge in [0.05, 0.1) is 7.11 Å². The van der Waals surface area contributed by atoms with Crippen LogP contribution in [-0.2, 0) is 0 Å². The monoisotopic (exact) mass is 213 g/mol. The van der Waals surface area contributed by atoms with Gasteiger partial charge >= 0.3 is 0 Å². The number of rotatable bonds is 4. The molecule has 1 rings (SSSR count). The van der Waals surface area contributed by atoms with E-state index >= 15 is 0 Å². The summed E-state index contributed by atoms with van der Waals surface area (Å²) in [4.78, 5) is 0. The van der Waals surface area contributed by atoms with E-state index in [0.29, 0.717) is 12.1 Å². The predicted molar refractivity (Wildman–Crippen MR) is 55.9 cm³/mol. The SMILES string of the molecule is CNCC=Cc1cc(F)c(F)c(OC)c1. The lowest BCUT2D eigenvalue weighted by molar-refractivity contribution is 0.371. The Hall–Kier alpha value is -1.42. The highest BCUT2D eigenvalue weighted by molar-refractivity contribution is 5.52. The number of methoxy groups -OCH3 is 1. The van der Waals surface area contributed by atoms with Crippen molar-refractivity contribution < 1.29 is 13.5 Å². The summed E-state index contributed by atoms with van der Waals surface area (Å²) in [5, 5.41) is 2.91. The van der Waals surface area contributed by atoms with Crippen molar-refractivity contribution in [2.45, 2.75) is 0 Å². The normalized spacial score (nSPS) is 10.9. The highest BCUT2D eigenvalue weighted by atomic mass is 19.2. The van der Waals surface area contributed by atoms with Gasteiger partial charge in [-0.15, -0.1) is 0 Å². The highest BCUT2D eigenvalue weighted by Gasteiger charge is 2.09. The molecule has 1 N–H and O–H groups in total. The minimum Gasteiger partial charge on any atom is -0.494 e. The summed E-state index contributed by atoms with van der Waals surface area (Å²) in [6.07, 6.45) is 3.51. The average Bonchev–Trinajstić information content (AvgIpc) is 2.23. The maximum absolute atomic E-state index is 13.0. The van der Waals surface area contributed by atoms with Crippen LogP contribution in [0.5, 0.6) is 5.75 Å². The number of hydrogen-bond donors (Lipinski definition) is 1. The van der Waals surface area contributed by atoms with Gasteiger partial charge in [0.25, 0.3) is 0 Å². The quantitative estimate of drug-likeness (QED) is 0.827. The number of hydrogen-bond acceptors (Lipinski definition) is 2. The lowest BCUT2D eigenvalue weighted by Gasteiger charge is -2.04. The van der Waals surface area contributed by atoms with Crippen LogP contribution in [0.4, 0.5) is 8.78 Å². The summed E-state index contributed by atoms with van der Waals surface area (Å²) in [6.45, 7) is 0.668. The van der Waals surface area contributed by atoms with Gasteiger partial charge in [0.15, 0.2) is 11.6 Å². The Kier molecular flexibility index (Phi) is 4.24. The Bertz CT molecular complexity index is 364. The van der Waals surface area contributed by atoms with E-state index in [1.54, 1.807) is 13.1 Å². The molecule has 0 saturated heterocycles. The molecule has 82 valence electrons. The van der Waals surface area contributed by atoms with Crippen LogP contribution in [-0.4, -0.2) is 20.7 Å². The molecule has 0 heterocycles. The molecule has 0 aliphatic rings. The Morgan fingerprint density at radius 2 is 2.13 bits per heavy atom. The lowest BCUT2D eigenvalue weighted by Crippen LogP contribution is -2.03. The van der Waals surface area contributed by atoms with Crippen LogP contribution in [0.1, 0.15) is 5.56 Å². The van der Waals surface area contributed by atoms with Gasteiger partial charge in [-0.3, -0.25) is 0 Å². The first-order valence-corrected chi connectivity index (χ1v) is 4.53. The van der Waals surface area contributed by atoms with Gasteiger partial charge in [-0.25, -0.2) is 4.39 Å². The Balaban J connectivity index is 2.95. The van der Waals surface area contributed by atoms with E-state index in [-0.39, 0.29) is 5.75 Å². The first-order valence-electron chi connectivity index (χ1n) is 4.53. The maximum atomic E-state index is 13.0. The van der Waals surface area contributed by atoms with Gasteiger partial charge in [0.1, 0.15) is 0 Å². The molecule has 0 atom stereocenters. The zero-order chi connectivity index (χ0) is 11.3. The largest absolute Gasteiger partial charge is 0.494 e. The molecule has 1 aromatic carbocycles. The van der Waals surface area contributed by atoms with Crippen molar-refractivity contribution in [1.82, 2.24) is 5.32 Å². The molecule has 0 radical (unpaired) electrons. The summed E-state index contributed by atoms with van der Waals surface area (Å²) in [7, 11) is 3.11.